The summed E-state index contributed by atoms with van der Waals surface area (Å²) in [5.74, 6) is 0.800. The molecule has 0 saturated carbocycles. The number of nitrogens with two attached hydrogens (primary N) is 1. The minimum atomic E-state index is -0.235. The van der Waals surface area contributed by atoms with Crippen molar-refractivity contribution < 1.29 is 14.1 Å². The molecule has 0 bridgehead atoms. The van der Waals surface area contributed by atoms with Crippen molar-refractivity contribution in [2.75, 3.05) is 26.2 Å². The van der Waals surface area contributed by atoms with Gasteiger partial charge in [0.25, 0.3) is 0 Å². The van der Waals surface area contributed by atoms with E-state index in [1.807, 2.05) is 32.0 Å². The first-order chi connectivity index (χ1) is 11.6. The van der Waals surface area contributed by atoms with Gasteiger partial charge in [0.15, 0.2) is 0 Å². The van der Waals surface area contributed by atoms with Crippen LogP contribution in [-0.2, 0) is 9.53 Å². The van der Waals surface area contributed by atoms with E-state index in [0.717, 1.165) is 28.4 Å². The van der Waals surface area contributed by atoms with Crippen molar-refractivity contribution in [1.29, 1.82) is 0 Å². The quantitative estimate of drug-likeness (QED) is 0.915. The average Bonchev–Trinajstić information content (AvgIpc) is 2.94. The largest absolute Gasteiger partial charge is 0.368 e. The average molecular weight is 330 g/mol. The van der Waals surface area contributed by atoms with Gasteiger partial charge in [0.05, 0.1) is 35.8 Å². The molecule has 7 heteroatoms. The lowest BCUT2D eigenvalue weighted by atomic mass is 10.1. The van der Waals surface area contributed by atoms with E-state index in [1.165, 1.54) is 0 Å². The number of hydrogen-bond acceptors (Lipinski definition) is 6. The standard InChI is InChI=1S/C17H22N4O3/c1-11-17(12(2)24-20-11)14-5-3-4-13(19-14)15-10-21(8-9-23-15)16(22)6-7-18/h3-5,15H,6-10,18H2,1-2H3. The summed E-state index contributed by atoms with van der Waals surface area (Å²) in [5, 5.41) is 3.98. The van der Waals surface area contributed by atoms with E-state index >= 15 is 0 Å². The Balaban J connectivity index is 1.82. The predicted octanol–water partition coefficient (Wildman–Crippen LogP) is 1.60. The zero-order chi connectivity index (χ0) is 17.1. The monoisotopic (exact) mass is 330 g/mol. The van der Waals surface area contributed by atoms with E-state index in [2.05, 4.69) is 5.16 Å². The predicted molar refractivity (Wildman–Crippen MR) is 88.2 cm³/mol. The van der Waals surface area contributed by atoms with Crippen molar-refractivity contribution in [3.05, 3.63) is 35.3 Å². The molecule has 1 amide bonds. The second-order valence-electron chi connectivity index (χ2n) is 5.88. The van der Waals surface area contributed by atoms with Crippen LogP contribution in [0.2, 0.25) is 0 Å². The summed E-state index contributed by atoms with van der Waals surface area (Å²) < 4.78 is 11.1. The van der Waals surface area contributed by atoms with Crippen LogP contribution in [0, 0.1) is 13.8 Å². The van der Waals surface area contributed by atoms with Crippen LogP contribution < -0.4 is 5.73 Å². The van der Waals surface area contributed by atoms with Crippen LogP contribution in [0.5, 0.6) is 0 Å². The van der Waals surface area contributed by atoms with Gasteiger partial charge in [-0.15, -0.1) is 0 Å². The Labute approximate surface area is 140 Å². The highest BCUT2D eigenvalue weighted by molar-refractivity contribution is 5.76. The molecule has 1 unspecified atom stereocenters. The van der Waals surface area contributed by atoms with Gasteiger partial charge in [0.2, 0.25) is 5.91 Å². The minimum Gasteiger partial charge on any atom is -0.368 e. The normalized spacial score (nSPS) is 18.0. The summed E-state index contributed by atoms with van der Waals surface area (Å²) in [4.78, 5) is 18.6. The van der Waals surface area contributed by atoms with Crippen molar-refractivity contribution in [3.8, 4) is 11.3 Å². The first-order valence-electron chi connectivity index (χ1n) is 8.09. The molecule has 0 aromatic carbocycles. The lowest BCUT2D eigenvalue weighted by Crippen LogP contribution is -2.43. The van der Waals surface area contributed by atoms with E-state index in [1.54, 1.807) is 4.90 Å². The molecule has 0 spiro atoms. The summed E-state index contributed by atoms with van der Waals surface area (Å²) in [5.41, 5.74) is 8.80. The maximum atomic E-state index is 12.1. The van der Waals surface area contributed by atoms with Gasteiger partial charge in [-0.05, 0) is 26.0 Å². The third kappa shape index (κ3) is 3.32. The van der Waals surface area contributed by atoms with Crippen LogP contribution >= 0.6 is 0 Å². The van der Waals surface area contributed by atoms with Crippen LogP contribution in [0.25, 0.3) is 11.3 Å². The zero-order valence-corrected chi connectivity index (χ0v) is 14.0. The van der Waals surface area contributed by atoms with Crippen molar-refractivity contribution in [3.63, 3.8) is 0 Å². The molecule has 0 aliphatic carbocycles. The molecule has 1 fully saturated rings. The second kappa shape index (κ2) is 7.11. The van der Waals surface area contributed by atoms with Crippen molar-refractivity contribution in [1.82, 2.24) is 15.0 Å². The van der Waals surface area contributed by atoms with E-state index in [0.29, 0.717) is 32.7 Å². The number of rotatable bonds is 4. The smallest absolute Gasteiger partial charge is 0.224 e. The zero-order valence-electron chi connectivity index (χ0n) is 14.0. The summed E-state index contributed by atoms with van der Waals surface area (Å²) in [6.45, 7) is 5.72. The summed E-state index contributed by atoms with van der Waals surface area (Å²) >= 11 is 0. The molecule has 2 aromatic rings. The Kier molecular flexibility index (Phi) is 4.92. The minimum absolute atomic E-state index is 0.0627. The number of ether oxygens (including phenoxy) is 1. The maximum absolute atomic E-state index is 12.1. The van der Waals surface area contributed by atoms with Gasteiger partial charge in [-0.3, -0.25) is 4.79 Å². The Hall–Kier alpha value is -2.25. The fourth-order valence-electron chi connectivity index (χ4n) is 2.96. The molecule has 3 rings (SSSR count). The molecule has 1 aliphatic rings. The van der Waals surface area contributed by atoms with Crippen LogP contribution in [-0.4, -0.2) is 47.2 Å². The maximum Gasteiger partial charge on any atom is 0.224 e. The van der Waals surface area contributed by atoms with Gasteiger partial charge in [-0.25, -0.2) is 4.98 Å². The molecule has 3 heterocycles. The first kappa shape index (κ1) is 16.6. The van der Waals surface area contributed by atoms with E-state index in [9.17, 15) is 4.79 Å². The van der Waals surface area contributed by atoms with Gasteiger partial charge in [-0.1, -0.05) is 11.2 Å². The highest BCUT2D eigenvalue weighted by Crippen LogP contribution is 2.28. The Morgan fingerprint density at radius 3 is 2.96 bits per heavy atom. The number of morpholine rings is 1. The number of aromatic nitrogens is 2. The van der Waals surface area contributed by atoms with Crippen LogP contribution in [0.15, 0.2) is 22.7 Å². The molecule has 2 N–H and O–H groups in total. The molecule has 1 aliphatic heterocycles. The van der Waals surface area contributed by atoms with Gasteiger partial charge < -0.3 is 19.9 Å². The lowest BCUT2D eigenvalue weighted by Gasteiger charge is -2.32. The van der Waals surface area contributed by atoms with Gasteiger partial charge in [0.1, 0.15) is 11.9 Å². The molecule has 128 valence electrons. The molecule has 2 aromatic heterocycles. The molecular formula is C17H22N4O3. The van der Waals surface area contributed by atoms with Gasteiger partial charge >= 0.3 is 0 Å². The van der Waals surface area contributed by atoms with Gasteiger partial charge in [0, 0.05) is 19.5 Å². The van der Waals surface area contributed by atoms with Crippen molar-refractivity contribution in [2.24, 2.45) is 5.73 Å². The number of pyridine rings is 1. The first-order valence-corrected chi connectivity index (χ1v) is 8.09. The third-order valence-electron chi connectivity index (χ3n) is 4.17. The summed E-state index contributed by atoms with van der Waals surface area (Å²) in [6.07, 6.45) is 0.125. The molecule has 1 saturated heterocycles. The number of amides is 1. The number of hydrogen-bond donors (Lipinski definition) is 1. The molecular weight excluding hydrogens is 308 g/mol. The van der Waals surface area contributed by atoms with Crippen LogP contribution in [0.4, 0.5) is 0 Å². The topological polar surface area (TPSA) is 94.5 Å². The van der Waals surface area contributed by atoms with E-state index in [4.69, 9.17) is 20.0 Å². The number of carbonyl (C=O) groups excluding carboxylic acids is 1. The second-order valence-corrected chi connectivity index (χ2v) is 5.88. The Bertz CT molecular complexity index is 709. The van der Waals surface area contributed by atoms with Gasteiger partial charge in [-0.2, -0.15) is 0 Å². The Morgan fingerprint density at radius 2 is 2.25 bits per heavy atom. The highest BCUT2D eigenvalue weighted by atomic mass is 16.5. The molecule has 1 atom stereocenters. The van der Waals surface area contributed by atoms with Crippen LogP contribution in [0.1, 0.15) is 29.7 Å². The molecule has 7 nitrogen and oxygen atoms in total. The van der Waals surface area contributed by atoms with E-state index in [-0.39, 0.29) is 12.0 Å². The summed E-state index contributed by atoms with van der Waals surface area (Å²) in [7, 11) is 0. The number of aryl methyl sites for hydroxylation is 2. The highest BCUT2D eigenvalue weighted by Gasteiger charge is 2.26. The fraction of sp³-hybridized carbons (Fsp3) is 0.471. The van der Waals surface area contributed by atoms with E-state index < -0.39 is 0 Å². The molecule has 0 radical (unpaired) electrons. The van der Waals surface area contributed by atoms with Crippen LogP contribution in [0.3, 0.4) is 0 Å². The SMILES string of the molecule is Cc1noc(C)c1-c1cccc(C2CN(C(=O)CCN)CCO2)n1. The lowest BCUT2D eigenvalue weighted by molar-refractivity contribution is -0.138. The molecule has 24 heavy (non-hydrogen) atoms. The number of nitrogens with zero attached hydrogens (tertiary/aromatic N) is 3. The van der Waals surface area contributed by atoms with Crippen molar-refractivity contribution >= 4 is 5.91 Å². The third-order valence-corrected chi connectivity index (χ3v) is 4.17. The number of carbonyl (C=O) groups is 1. The van der Waals surface area contributed by atoms with Crippen molar-refractivity contribution in [2.45, 2.75) is 26.4 Å². The summed E-state index contributed by atoms with van der Waals surface area (Å²) in [6, 6.07) is 5.78. The fourth-order valence-corrected chi connectivity index (χ4v) is 2.96. The Morgan fingerprint density at radius 1 is 1.42 bits per heavy atom.